The number of carbonyl (C=O) groups excluding carboxylic acids is 1. The lowest BCUT2D eigenvalue weighted by Crippen LogP contribution is -2.42. The molecule has 0 atom stereocenters. The van der Waals surface area contributed by atoms with Crippen molar-refractivity contribution in [3.63, 3.8) is 0 Å². The van der Waals surface area contributed by atoms with Gasteiger partial charge in [0.05, 0.1) is 4.32 Å². The quantitative estimate of drug-likeness (QED) is 0.572. The van der Waals surface area contributed by atoms with E-state index < -0.39 is 4.32 Å². The molecule has 0 saturated carbocycles. The van der Waals surface area contributed by atoms with Crippen molar-refractivity contribution in [2.45, 2.75) is 37.1 Å². The second-order valence-electron chi connectivity index (χ2n) is 3.59. The van der Waals surface area contributed by atoms with E-state index in [0.29, 0.717) is 6.04 Å². The summed E-state index contributed by atoms with van der Waals surface area (Å²) >= 11 is 3.32. The Morgan fingerprint density at radius 3 is 2.42 bits per heavy atom. The summed E-state index contributed by atoms with van der Waals surface area (Å²) in [5.41, 5.74) is 0. The van der Waals surface area contributed by atoms with Crippen LogP contribution in [0.25, 0.3) is 0 Å². The van der Waals surface area contributed by atoms with Crippen LogP contribution in [0.4, 0.5) is 0 Å². The maximum absolute atomic E-state index is 11.4. The Bertz CT molecular complexity index is 197. The molecule has 0 aromatic rings. The van der Waals surface area contributed by atoms with Crippen molar-refractivity contribution in [1.29, 1.82) is 0 Å². The number of rotatable bonds is 2. The molecule has 0 heterocycles. The van der Waals surface area contributed by atoms with Gasteiger partial charge in [-0.15, -0.1) is 0 Å². The fraction of sp³-hybridized carbons (Fsp3) is 0.667. The minimum Gasteiger partial charge on any atom is -0.352 e. The van der Waals surface area contributed by atoms with E-state index in [1.165, 1.54) is 0 Å². The Kier molecular flexibility index (Phi) is 2.94. The molecule has 1 aliphatic carbocycles. The fourth-order valence-electron chi connectivity index (χ4n) is 1.09. The van der Waals surface area contributed by atoms with Gasteiger partial charge in [0.2, 0.25) is 5.91 Å². The number of hydrogen-bond acceptors (Lipinski definition) is 1. The summed E-state index contributed by atoms with van der Waals surface area (Å²) in [6, 6.07) is 0.314. The van der Waals surface area contributed by atoms with E-state index in [9.17, 15) is 4.79 Å². The summed E-state index contributed by atoms with van der Waals surface area (Å²) < 4.78 is -0.449. The number of alkyl halides is 1. The summed E-state index contributed by atoms with van der Waals surface area (Å²) in [4.78, 5) is 11.4. The van der Waals surface area contributed by atoms with Crippen molar-refractivity contribution < 1.29 is 4.79 Å². The SMILES string of the molecule is CC(C)(Br)C(=O)NC1CC=CC1. The van der Waals surface area contributed by atoms with Crippen LogP contribution in [0.3, 0.4) is 0 Å². The van der Waals surface area contributed by atoms with E-state index in [4.69, 9.17) is 0 Å². The van der Waals surface area contributed by atoms with Crippen LogP contribution in [0.15, 0.2) is 12.2 Å². The maximum Gasteiger partial charge on any atom is 0.236 e. The number of amides is 1. The molecule has 1 aliphatic rings. The van der Waals surface area contributed by atoms with E-state index >= 15 is 0 Å². The minimum atomic E-state index is -0.449. The van der Waals surface area contributed by atoms with Crippen LogP contribution in [0.1, 0.15) is 26.7 Å². The van der Waals surface area contributed by atoms with Crippen LogP contribution in [-0.2, 0) is 4.79 Å². The van der Waals surface area contributed by atoms with Gasteiger partial charge in [0.15, 0.2) is 0 Å². The second-order valence-corrected chi connectivity index (χ2v) is 5.57. The van der Waals surface area contributed by atoms with Gasteiger partial charge in [-0.3, -0.25) is 4.79 Å². The molecule has 0 unspecified atom stereocenters. The molecule has 1 rings (SSSR count). The normalized spacial score (nSPS) is 18.2. The predicted molar refractivity (Wildman–Crippen MR) is 53.3 cm³/mol. The Labute approximate surface area is 81.5 Å². The molecular formula is C9H14BrNO. The smallest absolute Gasteiger partial charge is 0.236 e. The molecule has 12 heavy (non-hydrogen) atoms. The largest absolute Gasteiger partial charge is 0.352 e. The van der Waals surface area contributed by atoms with Crippen molar-refractivity contribution in [3.05, 3.63) is 12.2 Å². The molecule has 1 amide bonds. The molecule has 2 nitrogen and oxygen atoms in total. The predicted octanol–water partition coefficient (Wildman–Crippen LogP) is 1.99. The third-order valence-electron chi connectivity index (χ3n) is 1.88. The summed E-state index contributed by atoms with van der Waals surface area (Å²) in [6.07, 6.45) is 6.14. The highest BCUT2D eigenvalue weighted by atomic mass is 79.9. The van der Waals surface area contributed by atoms with E-state index in [2.05, 4.69) is 33.4 Å². The first kappa shape index (κ1) is 9.78. The Balaban J connectivity index is 2.36. The summed E-state index contributed by atoms with van der Waals surface area (Å²) in [5, 5.41) is 2.97. The van der Waals surface area contributed by atoms with E-state index in [1.54, 1.807) is 0 Å². The lowest BCUT2D eigenvalue weighted by atomic mass is 10.1. The van der Waals surface area contributed by atoms with E-state index in [1.807, 2.05) is 13.8 Å². The zero-order valence-corrected chi connectivity index (χ0v) is 9.02. The number of carbonyl (C=O) groups is 1. The molecule has 1 N–H and O–H groups in total. The third kappa shape index (κ3) is 2.63. The number of nitrogens with one attached hydrogen (secondary N) is 1. The van der Waals surface area contributed by atoms with Crippen LogP contribution in [-0.4, -0.2) is 16.3 Å². The number of hydrogen-bond donors (Lipinski definition) is 1. The molecule has 0 bridgehead atoms. The summed E-state index contributed by atoms with van der Waals surface area (Å²) in [7, 11) is 0. The fourth-order valence-corrected chi connectivity index (χ4v) is 1.21. The van der Waals surface area contributed by atoms with Gasteiger partial charge in [0, 0.05) is 6.04 Å². The second kappa shape index (κ2) is 3.60. The summed E-state index contributed by atoms with van der Waals surface area (Å²) in [6.45, 7) is 3.70. The lowest BCUT2D eigenvalue weighted by Gasteiger charge is -2.19. The van der Waals surface area contributed by atoms with Crippen LogP contribution in [0.2, 0.25) is 0 Å². The Hall–Kier alpha value is -0.310. The minimum absolute atomic E-state index is 0.0659. The molecule has 68 valence electrons. The van der Waals surface area contributed by atoms with E-state index in [0.717, 1.165) is 12.8 Å². The van der Waals surface area contributed by atoms with Gasteiger partial charge in [-0.05, 0) is 26.7 Å². The molecule has 0 saturated heterocycles. The Morgan fingerprint density at radius 1 is 1.50 bits per heavy atom. The standard InChI is InChI=1S/C9H14BrNO/c1-9(2,10)8(12)11-7-5-3-4-6-7/h3-4,7H,5-6H2,1-2H3,(H,11,12). The molecule has 0 radical (unpaired) electrons. The molecule has 0 aromatic heterocycles. The van der Waals surface area contributed by atoms with Gasteiger partial charge in [-0.25, -0.2) is 0 Å². The van der Waals surface area contributed by atoms with Gasteiger partial charge < -0.3 is 5.32 Å². The van der Waals surface area contributed by atoms with Crippen molar-refractivity contribution >= 4 is 21.8 Å². The van der Waals surface area contributed by atoms with Crippen LogP contribution in [0.5, 0.6) is 0 Å². The van der Waals surface area contributed by atoms with Crippen molar-refractivity contribution in [2.75, 3.05) is 0 Å². The van der Waals surface area contributed by atoms with Crippen LogP contribution >= 0.6 is 15.9 Å². The lowest BCUT2D eigenvalue weighted by molar-refractivity contribution is -0.123. The highest BCUT2D eigenvalue weighted by molar-refractivity contribution is 9.10. The summed E-state index contributed by atoms with van der Waals surface area (Å²) in [5.74, 6) is 0.0659. The average Bonchev–Trinajstić information content (AvgIpc) is 2.37. The molecule has 0 fully saturated rings. The number of halogens is 1. The maximum atomic E-state index is 11.4. The first-order valence-electron chi connectivity index (χ1n) is 4.15. The van der Waals surface area contributed by atoms with Crippen LogP contribution < -0.4 is 5.32 Å². The highest BCUT2D eigenvalue weighted by Gasteiger charge is 2.25. The average molecular weight is 232 g/mol. The van der Waals surface area contributed by atoms with E-state index in [-0.39, 0.29) is 5.91 Å². The first-order valence-corrected chi connectivity index (χ1v) is 4.94. The van der Waals surface area contributed by atoms with Gasteiger partial charge in [0.1, 0.15) is 0 Å². The molecule has 3 heteroatoms. The van der Waals surface area contributed by atoms with Gasteiger partial charge in [-0.1, -0.05) is 28.1 Å². The zero-order valence-electron chi connectivity index (χ0n) is 7.43. The van der Waals surface area contributed by atoms with Crippen molar-refractivity contribution in [1.82, 2.24) is 5.32 Å². The molecular weight excluding hydrogens is 218 g/mol. The molecule has 0 aliphatic heterocycles. The monoisotopic (exact) mass is 231 g/mol. The van der Waals surface area contributed by atoms with Crippen LogP contribution in [0, 0.1) is 0 Å². The van der Waals surface area contributed by atoms with Crippen molar-refractivity contribution in [3.8, 4) is 0 Å². The van der Waals surface area contributed by atoms with Gasteiger partial charge in [0.25, 0.3) is 0 Å². The van der Waals surface area contributed by atoms with Gasteiger partial charge >= 0.3 is 0 Å². The topological polar surface area (TPSA) is 29.1 Å². The highest BCUT2D eigenvalue weighted by Crippen LogP contribution is 2.17. The molecule has 0 aromatic carbocycles. The van der Waals surface area contributed by atoms with Crippen molar-refractivity contribution in [2.24, 2.45) is 0 Å². The molecule has 0 spiro atoms. The van der Waals surface area contributed by atoms with Gasteiger partial charge in [-0.2, -0.15) is 0 Å². The zero-order chi connectivity index (χ0) is 9.19. The third-order valence-corrected chi connectivity index (χ3v) is 2.24. The first-order chi connectivity index (χ1) is 5.50. The Morgan fingerprint density at radius 2 is 2.00 bits per heavy atom.